The molecule has 0 spiro atoms. The van der Waals surface area contributed by atoms with Gasteiger partial charge in [0.15, 0.2) is 4.32 Å². The van der Waals surface area contributed by atoms with E-state index in [1.165, 1.54) is 28.0 Å². The molecule has 2 aliphatic rings. The molecule has 0 radical (unpaired) electrons. The number of nitrogens with zero attached hydrogens (tertiary/aromatic N) is 3. The molecule has 0 N–H and O–H groups in total. The van der Waals surface area contributed by atoms with Crippen LogP contribution >= 0.6 is 35.3 Å². The number of aromatic nitrogens is 1. The van der Waals surface area contributed by atoms with Crippen LogP contribution in [-0.2, 0) is 4.79 Å². The van der Waals surface area contributed by atoms with Gasteiger partial charge in [-0.25, -0.2) is 0 Å². The zero-order valence-electron chi connectivity index (χ0n) is 19.8. The topological polar surface area (TPSA) is 45.5 Å². The highest BCUT2D eigenvalue weighted by Crippen LogP contribution is 2.35. The molecule has 3 heterocycles. The van der Waals surface area contributed by atoms with Gasteiger partial charge in [-0.2, -0.15) is 0 Å². The minimum atomic E-state index is -0.222. The number of likely N-dealkylation sites (N-methyl/N-ethyl adjacent to an activating group) is 1. The first-order valence-electron chi connectivity index (χ1n) is 11.8. The maximum atomic E-state index is 14.1. The number of hydrogen-bond acceptors (Lipinski definition) is 6. The largest absolute Gasteiger partial charge is 0.340 e. The van der Waals surface area contributed by atoms with Gasteiger partial charge in [0, 0.05) is 12.2 Å². The average Bonchev–Trinajstić information content (AvgIpc) is 3.43. The first-order chi connectivity index (χ1) is 18.1. The van der Waals surface area contributed by atoms with Gasteiger partial charge in [0.05, 0.1) is 17.1 Å². The van der Waals surface area contributed by atoms with Gasteiger partial charge in [0.25, 0.3) is 11.5 Å². The number of thiazole rings is 1. The Balaban J connectivity index is 1.65. The van der Waals surface area contributed by atoms with Crippen LogP contribution in [0.4, 0.5) is 11.4 Å². The van der Waals surface area contributed by atoms with Gasteiger partial charge in [-0.15, -0.1) is 11.3 Å². The zero-order valence-corrected chi connectivity index (χ0v) is 22.3. The Morgan fingerprint density at radius 2 is 1.46 bits per heavy atom. The summed E-state index contributed by atoms with van der Waals surface area (Å²) < 4.78 is 3.25. The van der Waals surface area contributed by atoms with Crippen LogP contribution in [-0.4, -0.2) is 21.3 Å². The van der Waals surface area contributed by atoms with Crippen LogP contribution in [0.5, 0.6) is 0 Å². The number of para-hydroxylation sites is 3. The molecule has 1 aromatic heterocycles. The fourth-order valence-corrected chi connectivity index (χ4v) is 7.21. The number of rotatable bonds is 3. The lowest BCUT2D eigenvalue weighted by Gasteiger charge is -2.28. The van der Waals surface area contributed by atoms with Gasteiger partial charge >= 0.3 is 0 Å². The zero-order chi connectivity index (χ0) is 25.5. The predicted octanol–water partition coefficient (Wildman–Crippen LogP) is 4.73. The number of carbonyl (C=O) groups is 1. The smallest absolute Gasteiger partial charge is 0.275 e. The summed E-state index contributed by atoms with van der Waals surface area (Å²) in [5, 5.41) is 0. The number of hydrogen-bond donors (Lipinski definition) is 0. The first-order valence-corrected chi connectivity index (χ1v) is 13.8. The molecule has 5 nitrogen and oxygen atoms in total. The summed E-state index contributed by atoms with van der Waals surface area (Å²) in [6.07, 6.45) is 4.03. The average molecular weight is 540 g/mol. The molecule has 0 saturated carbocycles. The summed E-state index contributed by atoms with van der Waals surface area (Å²) in [5.74, 6) is -0.222. The number of benzene rings is 3. The van der Waals surface area contributed by atoms with E-state index < -0.39 is 0 Å². The van der Waals surface area contributed by atoms with Crippen molar-refractivity contribution < 1.29 is 4.79 Å². The maximum absolute atomic E-state index is 14.1. The Morgan fingerprint density at radius 1 is 0.811 bits per heavy atom. The minimum absolute atomic E-state index is 0.159. The molecule has 1 saturated heterocycles. The van der Waals surface area contributed by atoms with Crippen molar-refractivity contribution >= 4 is 73.6 Å². The highest BCUT2D eigenvalue weighted by molar-refractivity contribution is 8.31. The van der Waals surface area contributed by atoms with Gasteiger partial charge in [-0.3, -0.25) is 19.1 Å². The Kier molecular flexibility index (Phi) is 6.16. The van der Waals surface area contributed by atoms with Crippen molar-refractivity contribution in [3.8, 4) is 5.69 Å². The molecule has 0 aliphatic carbocycles. The van der Waals surface area contributed by atoms with Crippen LogP contribution < -0.4 is 24.6 Å². The maximum Gasteiger partial charge on any atom is 0.275 e. The molecule has 0 bridgehead atoms. The van der Waals surface area contributed by atoms with E-state index in [-0.39, 0.29) is 11.5 Å². The normalized spacial score (nSPS) is 18.0. The van der Waals surface area contributed by atoms with Crippen molar-refractivity contribution in [3.05, 3.63) is 116 Å². The van der Waals surface area contributed by atoms with Crippen LogP contribution in [0, 0.1) is 0 Å². The van der Waals surface area contributed by atoms with Crippen LogP contribution in [0.3, 0.4) is 0 Å². The third kappa shape index (κ3) is 3.98. The lowest BCUT2D eigenvalue weighted by Crippen LogP contribution is -2.36. The van der Waals surface area contributed by atoms with E-state index in [2.05, 4.69) is 24.0 Å². The summed E-state index contributed by atoms with van der Waals surface area (Å²) >= 11 is 8.20. The quantitative estimate of drug-likeness (QED) is 0.352. The lowest BCUT2D eigenvalue weighted by molar-refractivity contribution is -0.112. The molecule has 1 amide bonds. The molecule has 182 valence electrons. The van der Waals surface area contributed by atoms with E-state index in [0.29, 0.717) is 36.3 Å². The number of thioether (sulfide) groups is 1. The lowest BCUT2D eigenvalue weighted by atomic mass is 10.1. The van der Waals surface area contributed by atoms with Crippen LogP contribution in [0.15, 0.2) is 95.8 Å². The van der Waals surface area contributed by atoms with Crippen LogP contribution in [0.2, 0.25) is 0 Å². The van der Waals surface area contributed by atoms with Gasteiger partial charge < -0.3 is 4.90 Å². The summed E-state index contributed by atoms with van der Waals surface area (Å²) in [7, 11) is 0. The molecule has 8 heteroatoms. The monoisotopic (exact) mass is 539 g/mol. The SMILES string of the molecule is CCN1/C(=c2/s/c(=C3\SC(=S)N(c4ccccc4)C3=O)n(-c3ccccc3)c2=O)C=Cc2ccccc21. The number of amides is 1. The highest BCUT2D eigenvalue weighted by atomic mass is 32.2. The summed E-state index contributed by atoms with van der Waals surface area (Å²) in [5.41, 5.74) is 4.24. The van der Waals surface area contributed by atoms with E-state index in [0.717, 1.165) is 16.9 Å². The predicted molar refractivity (Wildman–Crippen MR) is 159 cm³/mol. The van der Waals surface area contributed by atoms with Crippen molar-refractivity contribution in [1.29, 1.82) is 0 Å². The number of fused-ring (bicyclic) bond motifs is 1. The van der Waals surface area contributed by atoms with Crippen molar-refractivity contribution in [2.45, 2.75) is 6.92 Å². The molecule has 1 fully saturated rings. The number of anilines is 2. The van der Waals surface area contributed by atoms with Crippen molar-refractivity contribution in [1.82, 2.24) is 4.57 Å². The van der Waals surface area contributed by atoms with E-state index in [1.54, 1.807) is 4.57 Å². The molecule has 0 unspecified atom stereocenters. The second-order valence-electron chi connectivity index (χ2n) is 8.41. The summed E-state index contributed by atoms with van der Waals surface area (Å²) in [6, 6.07) is 27.0. The third-order valence-corrected chi connectivity index (χ3v) is 8.94. The minimum Gasteiger partial charge on any atom is -0.340 e. The Bertz CT molecular complexity index is 1760. The van der Waals surface area contributed by atoms with Crippen LogP contribution in [0.25, 0.3) is 22.4 Å². The second kappa shape index (κ2) is 9.63. The van der Waals surface area contributed by atoms with Gasteiger partial charge in [-0.1, -0.05) is 84.7 Å². The van der Waals surface area contributed by atoms with E-state index in [9.17, 15) is 9.59 Å². The molecule has 0 atom stereocenters. The molecule has 4 aromatic rings. The number of carbonyl (C=O) groups excluding carboxylic acids is 1. The first kappa shape index (κ1) is 23.7. The summed E-state index contributed by atoms with van der Waals surface area (Å²) in [6.45, 7) is 2.77. The molecule has 2 aliphatic heterocycles. The van der Waals surface area contributed by atoms with Crippen LogP contribution in [0.1, 0.15) is 12.5 Å². The van der Waals surface area contributed by atoms with Crippen molar-refractivity contribution in [2.24, 2.45) is 0 Å². The standard InChI is InChI=1S/C29H21N3O2S3/c1-2-30-22-16-10-9-11-19(22)17-18-23(30)24-26(33)31(20-12-5-3-6-13-20)28(36-24)25-27(34)32(29(35)37-25)21-14-7-4-8-15-21/h3-18H,2H2,1H3/b24-23+,28-25-. The highest BCUT2D eigenvalue weighted by Gasteiger charge is 2.35. The number of thiocarbonyl (C=S) groups is 1. The van der Waals surface area contributed by atoms with Gasteiger partial charge in [0.2, 0.25) is 0 Å². The van der Waals surface area contributed by atoms with Crippen molar-refractivity contribution in [3.63, 3.8) is 0 Å². The Labute approximate surface area is 227 Å². The second-order valence-corrected chi connectivity index (χ2v) is 11.1. The van der Waals surface area contributed by atoms with E-state index >= 15 is 0 Å². The van der Waals surface area contributed by atoms with E-state index in [1.807, 2.05) is 84.9 Å². The fourth-order valence-electron chi connectivity index (χ4n) is 4.60. The molecule has 37 heavy (non-hydrogen) atoms. The fraction of sp³-hybridized carbons (Fsp3) is 0.0690. The van der Waals surface area contributed by atoms with Crippen molar-refractivity contribution in [2.75, 3.05) is 16.3 Å². The third-order valence-electron chi connectivity index (χ3n) is 6.28. The Hall–Kier alpha value is -3.72. The molecule has 6 rings (SSSR count). The van der Waals surface area contributed by atoms with Gasteiger partial charge in [-0.05, 0) is 48.9 Å². The summed E-state index contributed by atoms with van der Waals surface area (Å²) in [4.78, 5) is 31.9. The Morgan fingerprint density at radius 3 is 2.16 bits per heavy atom. The van der Waals surface area contributed by atoms with E-state index in [4.69, 9.17) is 12.2 Å². The molecular weight excluding hydrogens is 519 g/mol. The molecule has 3 aromatic carbocycles. The molecular formula is C29H21N3O2S3. The van der Waals surface area contributed by atoms with Gasteiger partial charge in [0.1, 0.15) is 14.1 Å².